The number of carbonyl (C=O) groups is 1. The lowest BCUT2D eigenvalue weighted by Crippen LogP contribution is -1.99. The molecule has 0 bridgehead atoms. The molecular weight excluding hydrogens is 254 g/mol. The first kappa shape index (κ1) is 12.3. The van der Waals surface area contributed by atoms with E-state index in [-0.39, 0.29) is 5.69 Å². The highest BCUT2D eigenvalue weighted by atomic mass is 16.4. The first-order valence-corrected chi connectivity index (χ1v) is 6.23. The number of carboxylic acids is 1. The van der Waals surface area contributed by atoms with E-state index in [1.807, 2.05) is 37.3 Å². The van der Waals surface area contributed by atoms with E-state index in [0.29, 0.717) is 11.3 Å². The van der Waals surface area contributed by atoms with Crippen molar-refractivity contribution in [2.24, 2.45) is 0 Å². The minimum Gasteiger partial charge on any atom is -0.476 e. The van der Waals surface area contributed by atoms with Crippen LogP contribution in [-0.4, -0.2) is 25.7 Å². The average Bonchev–Trinajstić information content (AvgIpc) is 2.76. The summed E-state index contributed by atoms with van der Waals surface area (Å²) in [5.74, 6) is -0.478. The van der Waals surface area contributed by atoms with Gasteiger partial charge in [-0.3, -0.25) is 0 Å². The van der Waals surface area contributed by atoms with Gasteiger partial charge in [0.2, 0.25) is 0 Å². The van der Waals surface area contributed by atoms with E-state index in [2.05, 4.69) is 10.1 Å². The Kier molecular flexibility index (Phi) is 2.75. The van der Waals surface area contributed by atoms with Gasteiger partial charge < -0.3 is 5.11 Å². The molecule has 1 aromatic carbocycles. The molecule has 0 aliphatic heterocycles. The number of imidazole rings is 1. The summed E-state index contributed by atoms with van der Waals surface area (Å²) in [6.45, 7) is 3.76. The zero-order valence-electron chi connectivity index (χ0n) is 11.2. The van der Waals surface area contributed by atoms with Crippen molar-refractivity contribution in [1.82, 2.24) is 14.6 Å². The normalized spacial score (nSPS) is 10.9. The molecule has 3 rings (SSSR count). The van der Waals surface area contributed by atoms with Crippen LogP contribution >= 0.6 is 0 Å². The van der Waals surface area contributed by atoms with E-state index in [1.165, 1.54) is 0 Å². The SMILES string of the molecule is Cc1ccccc1-c1ccc2c(C(=O)O)nc(C)n2n1. The Bertz CT molecular complexity index is 821. The second-order valence-electron chi connectivity index (χ2n) is 4.64. The molecule has 5 heteroatoms. The third-order valence-electron chi connectivity index (χ3n) is 3.28. The zero-order chi connectivity index (χ0) is 14.3. The number of carboxylic acid groups (broad SMARTS) is 1. The van der Waals surface area contributed by atoms with Crippen molar-refractivity contribution in [1.29, 1.82) is 0 Å². The van der Waals surface area contributed by atoms with Gasteiger partial charge in [-0.1, -0.05) is 24.3 Å². The molecule has 0 radical (unpaired) electrons. The van der Waals surface area contributed by atoms with Crippen molar-refractivity contribution in [3.8, 4) is 11.3 Å². The Morgan fingerprint density at radius 2 is 1.90 bits per heavy atom. The summed E-state index contributed by atoms with van der Waals surface area (Å²) in [6, 6.07) is 11.5. The van der Waals surface area contributed by atoms with Crippen LogP contribution in [0, 0.1) is 13.8 Å². The van der Waals surface area contributed by atoms with Crippen LogP contribution in [0.25, 0.3) is 16.8 Å². The van der Waals surface area contributed by atoms with Gasteiger partial charge in [0.25, 0.3) is 0 Å². The molecule has 0 saturated carbocycles. The van der Waals surface area contributed by atoms with Crippen LogP contribution in [0.5, 0.6) is 0 Å². The molecule has 0 unspecified atom stereocenters. The predicted molar refractivity (Wildman–Crippen MR) is 74.9 cm³/mol. The lowest BCUT2D eigenvalue weighted by atomic mass is 10.1. The number of fused-ring (bicyclic) bond motifs is 1. The van der Waals surface area contributed by atoms with Gasteiger partial charge in [0, 0.05) is 5.56 Å². The maximum absolute atomic E-state index is 11.1. The number of aryl methyl sites for hydroxylation is 2. The summed E-state index contributed by atoms with van der Waals surface area (Å²) < 4.78 is 1.57. The molecule has 0 fully saturated rings. The topological polar surface area (TPSA) is 67.5 Å². The number of nitrogens with zero attached hydrogens (tertiary/aromatic N) is 3. The molecular formula is C15H13N3O2. The maximum Gasteiger partial charge on any atom is 0.356 e. The molecule has 0 aliphatic carbocycles. The van der Waals surface area contributed by atoms with Crippen LogP contribution in [0.3, 0.4) is 0 Å². The third kappa shape index (κ3) is 1.84. The number of rotatable bonds is 2. The van der Waals surface area contributed by atoms with Crippen molar-refractivity contribution in [3.05, 3.63) is 53.5 Å². The summed E-state index contributed by atoms with van der Waals surface area (Å²) in [4.78, 5) is 15.2. The van der Waals surface area contributed by atoms with Gasteiger partial charge in [-0.2, -0.15) is 5.10 Å². The molecule has 100 valence electrons. The minimum atomic E-state index is -1.04. The van der Waals surface area contributed by atoms with Crippen LogP contribution in [0.15, 0.2) is 36.4 Å². The molecule has 1 N–H and O–H groups in total. The van der Waals surface area contributed by atoms with Crippen LogP contribution in [0.2, 0.25) is 0 Å². The number of hydrogen-bond donors (Lipinski definition) is 1. The van der Waals surface area contributed by atoms with E-state index in [0.717, 1.165) is 16.8 Å². The first-order valence-electron chi connectivity index (χ1n) is 6.23. The fraction of sp³-hybridized carbons (Fsp3) is 0.133. The first-order chi connectivity index (χ1) is 9.58. The Morgan fingerprint density at radius 3 is 2.60 bits per heavy atom. The summed E-state index contributed by atoms with van der Waals surface area (Å²) >= 11 is 0. The van der Waals surface area contributed by atoms with E-state index >= 15 is 0 Å². The molecule has 0 spiro atoms. The van der Waals surface area contributed by atoms with Crippen LogP contribution < -0.4 is 0 Å². The molecule has 0 saturated heterocycles. The maximum atomic E-state index is 11.1. The smallest absolute Gasteiger partial charge is 0.356 e. The largest absolute Gasteiger partial charge is 0.476 e. The number of hydrogen-bond acceptors (Lipinski definition) is 3. The van der Waals surface area contributed by atoms with E-state index in [9.17, 15) is 4.79 Å². The van der Waals surface area contributed by atoms with E-state index in [1.54, 1.807) is 17.5 Å². The zero-order valence-corrected chi connectivity index (χ0v) is 11.2. The van der Waals surface area contributed by atoms with Crippen LogP contribution in [-0.2, 0) is 0 Å². The Morgan fingerprint density at radius 1 is 1.15 bits per heavy atom. The van der Waals surface area contributed by atoms with Crippen molar-refractivity contribution in [2.75, 3.05) is 0 Å². The number of aromatic nitrogens is 3. The fourth-order valence-corrected chi connectivity index (χ4v) is 2.28. The minimum absolute atomic E-state index is 0.0336. The van der Waals surface area contributed by atoms with Crippen molar-refractivity contribution < 1.29 is 9.90 Å². The van der Waals surface area contributed by atoms with Gasteiger partial charge in [-0.05, 0) is 31.5 Å². The lowest BCUT2D eigenvalue weighted by Gasteiger charge is -2.05. The Labute approximate surface area is 115 Å². The molecule has 2 aromatic heterocycles. The number of aromatic carboxylic acids is 1. The lowest BCUT2D eigenvalue weighted by molar-refractivity contribution is 0.0693. The molecule has 2 heterocycles. The highest BCUT2D eigenvalue weighted by Gasteiger charge is 2.16. The summed E-state index contributed by atoms with van der Waals surface area (Å²) in [5.41, 5.74) is 3.49. The molecule has 0 amide bonds. The van der Waals surface area contributed by atoms with E-state index in [4.69, 9.17) is 5.11 Å². The highest BCUT2D eigenvalue weighted by Crippen LogP contribution is 2.22. The van der Waals surface area contributed by atoms with Crippen LogP contribution in [0.1, 0.15) is 21.9 Å². The van der Waals surface area contributed by atoms with Crippen molar-refractivity contribution in [2.45, 2.75) is 13.8 Å². The van der Waals surface area contributed by atoms with E-state index < -0.39 is 5.97 Å². The standard InChI is InChI=1S/C15H13N3O2/c1-9-5-3-4-6-11(9)12-7-8-13-14(15(19)20)16-10(2)18(13)17-12/h3-8H,1-2H3,(H,19,20). The number of benzene rings is 1. The van der Waals surface area contributed by atoms with Crippen molar-refractivity contribution >= 4 is 11.5 Å². The highest BCUT2D eigenvalue weighted by molar-refractivity contribution is 5.93. The summed E-state index contributed by atoms with van der Waals surface area (Å²) in [7, 11) is 0. The Balaban J connectivity index is 2.24. The summed E-state index contributed by atoms with van der Waals surface area (Å²) in [5, 5.41) is 13.6. The molecule has 0 aliphatic rings. The van der Waals surface area contributed by atoms with Gasteiger partial charge in [-0.25, -0.2) is 14.3 Å². The second kappa shape index (κ2) is 4.45. The molecule has 0 atom stereocenters. The third-order valence-corrected chi connectivity index (χ3v) is 3.28. The fourth-order valence-electron chi connectivity index (χ4n) is 2.28. The summed E-state index contributed by atoms with van der Waals surface area (Å²) in [6.07, 6.45) is 0. The molecule has 20 heavy (non-hydrogen) atoms. The quantitative estimate of drug-likeness (QED) is 0.775. The van der Waals surface area contributed by atoms with Crippen LogP contribution in [0.4, 0.5) is 0 Å². The van der Waals surface area contributed by atoms with Gasteiger partial charge in [0.1, 0.15) is 5.82 Å². The molecule has 3 aromatic rings. The Hall–Kier alpha value is -2.69. The second-order valence-corrected chi connectivity index (χ2v) is 4.64. The van der Waals surface area contributed by atoms with Gasteiger partial charge in [-0.15, -0.1) is 0 Å². The monoisotopic (exact) mass is 267 g/mol. The van der Waals surface area contributed by atoms with Gasteiger partial charge in [0.15, 0.2) is 5.69 Å². The van der Waals surface area contributed by atoms with Crippen molar-refractivity contribution in [3.63, 3.8) is 0 Å². The van der Waals surface area contributed by atoms with Gasteiger partial charge in [0.05, 0.1) is 11.2 Å². The predicted octanol–water partition coefficient (Wildman–Crippen LogP) is 2.71. The average molecular weight is 267 g/mol. The molecule has 5 nitrogen and oxygen atoms in total. The van der Waals surface area contributed by atoms with Gasteiger partial charge >= 0.3 is 5.97 Å².